The zero-order chi connectivity index (χ0) is 10.1. The van der Waals surface area contributed by atoms with Crippen molar-refractivity contribution in [3.8, 4) is 0 Å². The third kappa shape index (κ3) is 1.35. The van der Waals surface area contributed by atoms with Crippen LogP contribution in [0.5, 0.6) is 0 Å². The van der Waals surface area contributed by atoms with Crippen LogP contribution in [0.4, 0.5) is 5.69 Å². The molecular formula is C10H10N2O2. The molecule has 0 atom stereocenters. The molecule has 2 N–H and O–H groups in total. The predicted molar refractivity (Wildman–Crippen MR) is 52.8 cm³/mol. The molecule has 0 fully saturated rings. The molecule has 1 aliphatic heterocycles. The largest absolute Gasteiger partial charge is 0.411 e. The summed E-state index contributed by atoms with van der Waals surface area (Å²) in [5.41, 5.74) is 3.19. The Kier molecular flexibility index (Phi) is 1.96. The van der Waals surface area contributed by atoms with Gasteiger partial charge in [0.2, 0.25) is 5.91 Å². The fraction of sp³-hybridized carbons (Fsp3) is 0.200. The van der Waals surface area contributed by atoms with Crippen molar-refractivity contribution in [2.45, 2.75) is 13.3 Å². The van der Waals surface area contributed by atoms with Gasteiger partial charge in [0.1, 0.15) is 0 Å². The van der Waals surface area contributed by atoms with Gasteiger partial charge in [0, 0.05) is 5.69 Å². The Labute approximate surface area is 81.2 Å². The number of nitrogens with zero attached hydrogens (tertiary/aromatic N) is 1. The molecule has 0 aromatic heterocycles. The summed E-state index contributed by atoms with van der Waals surface area (Å²) in [4.78, 5) is 11.1. The van der Waals surface area contributed by atoms with Crippen molar-refractivity contribution in [1.29, 1.82) is 0 Å². The monoisotopic (exact) mass is 190 g/mol. The molecule has 1 aromatic rings. The highest BCUT2D eigenvalue weighted by Gasteiger charge is 2.17. The zero-order valence-corrected chi connectivity index (χ0v) is 7.74. The Bertz CT molecular complexity index is 424. The van der Waals surface area contributed by atoms with E-state index >= 15 is 0 Å². The predicted octanol–water partition coefficient (Wildman–Crippen LogP) is 1.38. The molecule has 0 aliphatic carbocycles. The first-order valence-corrected chi connectivity index (χ1v) is 4.32. The number of rotatable bonds is 1. The first-order chi connectivity index (χ1) is 6.70. The van der Waals surface area contributed by atoms with E-state index in [-0.39, 0.29) is 5.91 Å². The third-order valence-electron chi connectivity index (χ3n) is 2.30. The van der Waals surface area contributed by atoms with Crippen LogP contribution in [0, 0.1) is 0 Å². The second kappa shape index (κ2) is 3.14. The van der Waals surface area contributed by atoms with E-state index in [0.717, 1.165) is 16.8 Å². The fourth-order valence-electron chi connectivity index (χ4n) is 1.51. The number of hydrogen-bond acceptors (Lipinski definition) is 3. The van der Waals surface area contributed by atoms with E-state index in [1.165, 1.54) is 0 Å². The third-order valence-corrected chi connectivity index (χ3v) is 2.30. The van der Waals surface area contributed by atoms with E-state index < -0.39 is 0 Å². The van der Waals surface area contributed by atoms with Crippen molar-refractivity contribution in [3.63, 3.8) is 0 Å². The van der Waals surface area contributed by atoms with Crippen LogP contribution in [0.2, 0.25) is 0 Å². The number of carbonyl (C=O) groups excluding carboxylic acids is 1. The number of hydrogen-bond donors (Lipinski definition) is 2. The van der Waals surface area contributed by atoms with Gasteiger partial charge in [0.15, 0.2) is 0 Å². The van der Waals surface area contributed by atoms with Crippen molar-refractivity contribution in [2.24, 2.45) is 5.16 Å². The van der Waals surface area contributed by atoms with Crippen LogP contribution in [0.25, 0.3) is 0 Å². The lowest BCUT2D eigenvalue weighted by Gasteiger charge is -2.01. The molecule has 0 radical (unpaired) electrons. The molecule has 4 heteroatoms. The lowest BCUT2D eigenvalue weighted by Crippen LogP contribution is -2.03. The second-order valence-electron chi connectivity index (χ2n) is 3.28. The van der Waals surface area contributed by atoms with Crippen LogP contribution >= 0.6 is 0 Å². The summed E-state index contributed by atoms with van der Waals surface area (Å²) in [6.07, 6.45) is 0.405. The van der Waals surface area contributed by atoms with Crippen molar-refractivity contribution < 1.29 is 10.0 Å². The average molecular weight is 190 g/mol. The molecule has 0 saturated heterocycles. The van der Waals surface area contributed by atoms with Crippen LogP contribution in [0.15, 0.2) is 23.4 Å². The van der Waals surface area contributed by atoms with Gasteiger partial charge in [-0.1, -0.05) is 11.2 Å². The van der Waals surface area contributed by atoms with Crippen LogP contribution in [-0.2, 0) is 11.2 Å². The van der Waals surface area contributed by atoms with Crippen LogP contribution in [0.3, 0.4) is 0 Å². The van der Waals surface area contributed by atoms with Gasteiger partial charge in [-0.25, -0.2) is 0 Å². The molecule has 0 bridgehead atoms. The van der Waals surface area contributed by atoms with E-state index in [4.69, 9.17) is 5.21 Å². The summed E-state index contributed by atoms with van der Waals surface area (Å²) in [7, 11) is 0. The smallest absolute Gasteiger partial charge is 0.228 e. The van der Waals surface area contributed by atoms with Crippen molar-refractivity contribution in [2.75, 3.05) is 5.32 Å². The van der Waals surface area contributed by atoms with E-state index in [1.807, 2.05) is 18.2 Å². The van der Waals surface area contributed by atoms with Crippen molar-refractivity contribution in [1.82, 2.24) is 0 Å². The zero-order valence-electron chi connectivity index (χ0n) is 7.74. The topological polar surface area (TPSA) is 61.7 Å². The average Bonchev–Trinajstić information content (AvgIpc) is 2.55. The SMILES string of the molecule is C/C(=N\O)c1ccc2c(c1)CC(=O)N2. The second-order valence-corrected chi connectivity index (χ2v) is 3.28. The van der Waals surface area contributed by atoms with Gasteiger partial charge in [-0.2, -0.15) is 0 Å². The van der Waals surface area contributed by atoms with Crippen LogP contribution in [-0.4, -0.2) is 16.8 Å². The normalized spacial score (nSPS) is 15.2. The molecule has 0 unspecified atom stereocenters. The first kappa shape index (κ1) is 8.74. The Morgan fingerprint density at radius 2 is 2.36 bits per heavy atom. The molecule has 1 aromatic carbocycles. The summed E-state index contributed by atoms with van der Waals surface area (Å²) in [5, 5.41) is 14.4. The number of anilines is 1. The Balaban J connectivity index is 2.42. The maximum Gasteiger partial charge on any atom is 0.228 e. The molecule has 1 aliphatic rings. The highest BCUT2D eigenvalue weighted by Crippen LogP contribution is 2.23. The summed E-state index contributed by atoms with van der Waals surface area (Å²) in [5.74, 6) is 0.00994. The van der Waals surface area contributed by atoms with Crippen LogP contribution < -0.4 is 5.32 Å². The summed E-state index contributed by atoms with van der Waals surface area (Å²) < 4.78 is 0. The molecule has 1 heterocycles. The van der Waals surface area contributed by atoms with E-state index in [2.05, 4.69) is 10.5 Å². The maximum absolute atomic E-state index is 11.1. The molecular weight excluding hydrogens is 180 g/mol. The molecule has 1 amide bonds. The Morgan fingerprint density at radius 3 is 3.07 bits per heavy atom. The highest BCUT2D eigenvalue weighted by molar-refractivity contribution is 6.03. The minimum atomic E-state index is 0.00994. The van der Waals surface area contributed by atoms with E-state index in [9.17, 15) is 4.79 Å². The molecule has 0 saturated carbocycles. The van der Waals surface area contributed by atoms with Crippen molar-refractivity contribution >= 4 is 17.3 Å². The highest BCUT2D eigenvalue weighted by atomic mass is 16.4. The van der Waals surface area contributed by atoms with Gasteiger partial charge in [0.25, 0.3) is 0 Å². The lowest BCUT2D eigenvalue weighted by molar-refractivity contribution is -0.115. The number of oxime groups is 1. The van der Waals surface area contributed by atoms with E-state index in [1.54, 1.807) is 6.92 Å². The molecule has 4 nitrogen and oxygen atoms in total. The molecule has 0 spiro atoms. The number of benzene rings is 1. The summed E-state index contributed by atoms with van der Waals surface area (Å²) >= 11 is 0. The molecule has 14 heavy (non-hydrogen) atoms. The van der Waals surface area contributed by atoms with Gasteiger partial charge in [0.05, 0.1) is 12.1 Å². The fourth-order valence-corrected chi connectivity index (χ4v) is 1.51. The molecule has 72 valence electrons. The minimum absolute atomic E-state index is 0.00994. The van der Waals surface area contributed by atoms with Gasteiger partial charge < -0.3 is 10.5 Å². The first-order valence-electron chi connectivity index (χ1n) is 4.32. The minimum Gasteiger partial charge on any atom is -0.411 e. The van der Waals surface area contributed by atoms with Crippen LogP contribution in [0.1, 0.15) is 18.1 Å². The van der Waals surface area contributed by atoms with Gasteiger partial charge in [-0.15, -0.1) is 0 Å². The van der Waals surface area contributed by atoms with Crippen molar-refractivity contribution in [3.05, 3.63) is 29.3 Å². The van der Waals surface area contributed by atoms with Gasteiger partial charge in [-0.3, -0.25) is 4.79 Å². The lowest BCUT2D eigenvalue weighted by atomic mass is 10.1. The summed E-state index contributed by atoms with van der Waals surface area (Å²) in [6, 6.07) is 5.51. The quantitative estimate of drug-likeness (QED) is 0.399. The van der Waals surface area contributed by atoms with Gasteiger partial charge >= 0.3 is 0 Å². The molecule has 2 rings (SSSR count). The number of carbonyl (C=O) groups is 1. The standard InChI is InChI=1S/C10H10N2O2/c1-6(12-14)7-2-3-9-8(4-7)5-10(13)11-9/h2-4,14H,5H2,1H3,(H,11,13)/b12-6+. The number of amides is 1. The maximum atomic E-state index is 11.1. The number of nitrogens with one attached hydrogen (secondary N) is 1. The Morgan fingerprint density at radius 1 is 1.57 bits per heavy atom. The summed E-state index contributed by atoms with van der Waals surface area (Å²) in [6.45, 7) is 1.71. The van der Waals surface area contributed by atoms with E-state index in [0.29, 0.717) is 12.1 Å². The van der Waals surface area contributed by atoms with Gasteiger partial charge in [-0.05, 0) is 30.2 Å². The Hall–Kier alpha value is -1.84. The number of fused-ring (bicyclic) bond motifs is 1.